The number of anilines is 1. The van der Waals surface area contributed by atoms with E-state index in [0.717, 1.165) is 22.6 Å². The van der Waals surface area contributed by atoms with Crippen molar-refractivity contribution in [1.82, 2.24) is 9.97 Å². The van der Waals surface area contributed by atoms with E-state index in [4.69, 9.17) is 21.4 Å². The maximum atomic E-state index is 13.4. The summed E-state index contributed by atoms with van der Waals surface area (Å²) in [6, 6.07) is 8.60. The molecular formula is C21H14ClF3N4O5S. The Hall–Kier alpha value is -3.89. The van der Waals surface area contributed by atoms with Crippen LogP contribution >= 0.6 is 11.6 Å². The van der Waals surface area contributed by atoms with Gasteiger partial charge in [-0.15, -0.1) is 0 Å². The monoisotopic (exact) mass is 526 g/mol. The van der Waals surface area contributed by atoms with E-state index in [9.17, 15) is 31.6 Å². The predicted molar refractivity (Wildman–Crippen MR) is 117 cm³/mol. The highest BCUT2D eigenvalue weighted by Gasteiger charge is 2.34. The molecule has 0 aliphatic carbocycles. The van der Waals surface area contributed by atoms with Crippen molar-refractivity contribution in [3.05, 3.63) is 65.1 Å². The van der Waals surface area contributed by atoms with E-state index < -0.39 is 50.7 Å². The highest BCUT2D eigenvalue weighted by Crippen LogP contribution is 2.40. The number of sulfonamides is 1. The molecule has 0 spiro atoms. The number of carboxylic acid groups (broad SMARTS) is 1. The molecule has 0 saturated heterocycles. The lowest BCUT2D eigenvalue weighted by Crippen LogP contribution is -2.28. The van der Waals surface area contributed by atoms with Gasteiger partial charge in [-0.3, -0.25) is 9.29 Å². The Kier molecular flexibility index (Phi) is 7.18. The maximum Gasteiger partial charge on any atom is 0.433 e. The van der Waals surface area contributed by atoms with Crippen LogP contribution in [0.4, 0.5) is 19.0 Å². The molecule has 14 heteroatoms. The number of hydrogen-bond donors (Lipinski definition) is 1. The van der Waals surface area contributed by atoms with Crippen LogP contribution in [0.25, 0.3) is 11.1 Å². The summed E-state index contributed by atoms with van der Waals surface area (Å²) in [6.07, 6.45) is -2.72. The van der Waals surface area contributed by atoms with Crippen LogP contribution in [0.15, 0.2) is 53.7 Å². The highest BCUT2D eigenvalue weighted by molar-refractivity contribution is 7.92. The first kappa shape index (κ1) is 25.7. The molecule has 3 rings (SSSR count). The number of aliphatic carboxylic acids is 1. The lowest BCUT2D eigenvalue weighted by molar-refractivity contribution is -0.141. The topological polar surface area (TPSA) is 133 Å². The number of halogens is 4. The summed E-state index contributed by atoms with van der Waals surface area (Å²) >= 11 is 6.25. The van der Waals surface area contributed by atoms with Gasteiger partial charge < -0.3 is 9.84 Å². The smallest absolute Gasteiger partial charge is 0.433 e. The zero-order valence-corrected chi connectivity index (χ0v) is 19.2. The summed E-state index contributed by atoms with van der Waals surface area (Å²) in [5.74, 6) is -1.81. The third-order valence-electron chi connectivity index (χ3n) is 4.60. The Morgan fingerprint density at radius 3 is 2.51 bits per heavy atom. The standard InChI is InChI=1S/C21H14ClF3N4O5S/c1-29(19-4-2-3-5-27-19)35(32,33)17-7-13(15(22)8-16(17)34-11-20(30)31)14-10-28-18(21(23,24)25)6-12(14)9-26/h2-8,10H,11H2,1H3,(H,30,31). The van der Waals surface area contributed by atoms with Crippen LogP contribution in [-0.4, -0.2) is 43.1 Å². The number of aromatic nitrogens is 2. The predicted octanol–water partition coefficient (Wildman–Crippen LogP) is 3.98. The Morgan fingerprint density at radius 2 is 1.94 bits per heavy atom. The Labute approximate surface area is 202 Å². The van der Waals surface area contributed by atoms with Crippen LogP contribution < -0.4 is 9.04 Å². The Morgan fingerprint density at radius 1 is 1.23 bits per heavy atom. The van der Waals surface area contributed by atoms with Crippen LogP contribution in [-0.2, 0) is 21.0 Å². The van der Waals surface area contributed by atoms with Crippen molar-refractivity contribution in [2.24, 2.45) is 0 Å². The fourth-order valence-corrected chi connectivity index (χ4v) is 4.47. The molecule has 0 saturated carbocycles. The van der Waals surface area contributed by atoms with Crippen molar-refractivity contribution in [2.75, 3.05) is 18.0 Å². The molecule has 3 aromatic rings. The van der Waals surface area contributed by atoms with Crippen molar-refractivity contribution in [1.29, 1.82) is 5.26 Å². The van der Waals surface area contributed by atoms with Gasteiger partial charge in [-0.25, -0.2) is 18.2 Å². The van der Waals surface area contributed by atoms with Crippen molar-refractivity contribution < 1.29 is 36.2 Å². The van der Waals surface area contributed by atoms with Gasteiger partial charge in [0.05, 0.1) is 16.7 Å². The maximum absolute atomic E-state index is 13.4. The molecule has 0 fully saturated rings. The molecule has 1 N–H and O–H groups in total. The van der Waals surface area contributed by atoms with Gasteiger partial charge >= 0.3 is 12.1 Å². The normalized spacial score (nSPS) is 11.5. The zero-order valence-electron chi connectivity index (χ0n) is 17.6. The minimum Gasteiger partial charge on any atom is -0.480 e. The molecule has 2 aromatic heterocycles. The molecule has 1 aromatic carbocycles. The summed E-state index contributed by atoms with van der Waals surface area (Å²) in [5.41, 5.74) is -2.10. The molecule has 0 aliphatic rings. The third kappa shape index (κ3) is 5.44. The van der Waals surface area contributed by atoms with E-state index in [1.807, 2.05) is 0 Å². The number of rotatable bonds is 7. The lowest BCUT2D eigenvalue weighted by Gasteiger charge is -2.21. The number of carboxylic acids is 1. The van der Waals surface area contributed by atoms with Gasteiger partial charge in [0.25, 0.3) is 10.0 Å². The van der Waals surface area contributed by atoms with E-state index >= 15 is 0 Å². The summed E-state index contributed by atoms with van der Waals surface area (Å²) in [4.78, 5) is 17.7. The third-order valence-corrected chi connectivity index (χ3v) is 6.70. The number of hydrogen-bond acceptors (Lipinski definition) is 7. The van der Waals surface area contributed by atoms with Crippen molar-refractivity contribution in [3.63, 3.8) is 0 Å². The van der Waals surface area contributed by atoms with Crippen LogP contribution in [0, 0.1) is 11.3 Å². The van der Waals surface area contributed by atoms with Gasteiger partial charge in [-0.1, -0.05) is 17.7 Å². The molecular weight excluding hydrogens is 513 g/mol. The SMILES string of the molecule is CN(c1ccccn1)S(=O)(=O)c1cc(-c2cnc(C(F)(F)F)cc2C#N)c(Cl)cc1OCC(=O)O. The summed E-state index contributed by atoms with van der Waals surface area (Å²) in [5, 5.41) is 18.1. The minimum absolute atomic E-state index is 0.0158. The van der Waals surface area contributed by atoms with E-state index in [0.29, 0.717) is 6.07 Å². The van der Waals surface area contributed by atoms with E-state index in [1.165, 1.54) is 25.4 Å². The van der Waals surface area contributed by atoms with Gasteiger partial charge in [0.2, 0.25) is 0 Å². The molecule has 0 amide bonds. The number of nitrogens with zero attached hydrogens (tertiary/aromatic N) is 4. The molecule has 0 aliphatic heterocycles. The van der Waals surface area contributed by atoms with Gasteiger partial charge in [0, 0.05) is 36.6 Å². The first-order chi connectivity index (χ1) is 16.4. The highest BCUT2D eigenvalue weighted by atomic mass is 35.5. The average Bonchev–Trinajstić information content (AvgIpc) is 2.81. The molecule has 35 heavy (non-hydrogen) atoms. The Balaban J connectivity index is 2.24. The van der Waals surface area contributed by atoms with E-state index in [1.54, 1.807) is 12.1 Å². The van der Waals surface area contributed by atoms with Crippen molar-refractivity contribution >= 4 is 33.4 Å². The first-order valence-corrected chi connectivity index (χ1v) is 11.2. The summed E-state index contributed by atoms with van der Waals surface area (Å²) in [6.45, 7) is -0.906. The summed E-state index contributed by atoms with van der Waals surface area (Å²) in [7, 11) is -3.27. The number of pyridine rings is 2. The number of alkyl halides is 3. The summed E-state index contributed by atoms with van der Waals surface area (Å²) < 4.78 is 71.9. The van der Waals surface area contributed by atoms with Crippen molar-refractivity contribution in [3.8, 4) is 22.9 Å². The van der Waals surface area contributed by atoms with Crippen LogP contribution in [0.3, 0.4) is 0 Å². The van der Waals surface area contributed by atoms with Gasteiger partial charge in [0.1, 0.15) is 22.2 Å². The molecule has 0 radical (unpaired) electrons. The van der Waals surface area contributed by atoms with Crippen LogP contribution in [0.1, 0.15) is 11.3 Å². The van der Waals surface area contributed by atoms with E-state index in [2.05, 4.69) is 9.97 Å². The fourth-order valence-electron chi connectivity index (χ4n) is 2.92. The molecule has 0 atom stereocenters. The molecule has 9 nitrogen and oxygen atoms in total. The van der Waals surface area contributed by atoms with Crippen LogP contribution in [0.2, 0.25) is 5.02 Å². The van der Waals surface area contributed by atoms with Crippen LogP contribution in [0.5, 0.6) is 5.75 Å². The quantitative estimate of drug-likeness (QED) is 0.489. The van der Waals surface area contributed by atoms with Gasteiger partial charge in [-0.2, -0.15) is 18.4 Å². The zero-order chi connectivity index (χ0) is 26.0. The van der Waals surface area contributed by atoms with E-state index in [-0.39, 0.29) is 22.0 Å². The minimum atomic E-state index is -4.82. The molecule has 0 unspecified atom stereocenters. The van der Waals surface area contributed by atoms with Gasteiger partial charge in [0.15, 0.2) is 6.61 Å². The largest absolute Gasteiger partial charge is 0.480 e. The molecule has 182 valence electrons. The Bertz CT molecular complexity index is 1430. The fraction of sp³-hybridized carbons (Fsp3) is 0.143. The number of carbonyl (C=O) groups is 1. The number of ether oxygens (including phenoxy) is 1. The number of benzene rings is 1. The average molecular weight is 527 g/mol. The van der Waals surface area contributed by atoms with Crippen molar-refractivity contribution in [2.45, 2.75) is 11.1 Å². The molecule has 0 bridgehead atoms. The van der Waals surface area contributed by atoms with Gasteiger partial charge in [-0.05, 0) is 24.3 Å². The lowest BCUT2D eigenvalue weighted by atomic mass is 10.0. The number of nitriles is 1. The second kappa shape index (κ2) is 9.77. The first-order valence-electron chi connectivity index (χ1n) is 9.42. The second-order valence-corrected chi connectivity index (χ2v) is 9.19. The second-order valence-electron chi connectivity index (χ2n) is 6.85. The molecule has 2 heterocycles.